The number of nitrogens with two attached hydrogens (primary N) is 1. The van der Waals surface area contributed by atoms with Crippen LogP contribution in [0.5, 0.6) is 0 Å². The van der Waals surface area contributed by atoms with Gasteiger partial charge in [-0.15, -0.1) is 0 Å². The Bertz CT molecular complexity index is 223. The highest BCUT2D eigenvalue weighted by atomic mass is 19.4. The molecular weight excluding hydrogens is 167 g/mol. The zero-order chi connectivity index (χ0) is 9.78. The molecule has 0 atom stereocenters. The maximum atomic E-state index is 11.8. The van der Waals surface area contributed by atoms with E-state index < -0.39 is 11.7 Å². The van der Waals surface area contributed by atoms with Crippen molar-refractivity contribution in [2.75, 3.05) is 0 Å². The molecule has 4 heteroatoms. The van der Waals surface area contributed by atoms with E-state index in [0.717, 1.165) is 6.08 Å². The van der Waals surface area contributed by atoms with Gasteiger partial charge in [0.1, 0.15) is 0 Å². The summed E-state index contributed by atoms with van der Waals surface area (Å²) in [6, 6.07) is 0. The van der Waals surface area contributed by atoms with Gasteiger partial charge in [-0.05, 0) is 18.7 Å². The number of allylic oxidation sites excluding steroid dienone is 4. The van der Waals surface area contributed by atoms with Crippen molar-refractivity contribution in [2.24, 2.45) is 5.73 Å². The van der Waals surface area contributed by atoms with E-state index in [9.17, 15) is 13.2 Å². The SMILES string of the molecule is C=C(/C=C\C(C)=C/N)C(F)(F)F. The molecule has 0 aromatic heterocycles. The molecule has 0 aromatic carbocycles. The molecule has 12 heavy (non-hydrogen) atoms. The Balaban J connectivity index is 4.29. The van der Waals surface area contributed by atoms with Gasteiger partial charge in [-0.25, -0.2) is 0 Å². The van der Waals surface area contributed by atoms with Crippen LogP contribution in [0.2, 0.25) is 0 Å². The molecule has 1 nitrogen and oxygen atoms in total. The van der Waals surface area contributed by atoms with E-state index in [0.29, 0.717) is 5.57 Å². The quantitative estimate of drug-likeness (QED) is 0.644. The minimum absolute atomic E-state index is 0.556. The lowest BCUT2D eigenvalue weighted by molar-refractivity contribution is -0.0878. The third-order valence-electron chi connectivity index (χ3n) is 1.17. The van der Waals surface area contributed by atoms with Gasteiger partial charge in [0.05, 0.1) is 0 Å². The molecule has 0 unspecified atom stereocenters. The second-order valence-electron chi connectivity index (χ2n) is 2.27. The molecule has 0 bridgehead atoms. The fraction of sp³-hybridized carbons (Fsp3) is 0.250. The van der Waals surface area contributed by atoms with Crippen LogP contribution in [0.4, 0.5) is 13.2 Å². The highest BCUT2D eigenvalue weighted by Crippen LogP contribution is 2.24. The average Bonchev–Trinajstić information content (AvgIpc) is 1.97. The molecule has 0 aliphatic rings. The minimum Gasteiger partial charge on any atom is -0.404 e. The summed E-state index contributed by atoms with van der Waals surface area (Å²) in [6.45, 7) is 4.45. The lowest BCUT2D eigenvalue weighted by atomic mass is 10.2. The van der Waals surface area contributed by atoms with Crippen LogP contribution in [0.15, 0.2) is 36.1 Å². The first-order valence-electron chi connectivity index (χ1n) is 3.20. The summed E-state index contributed by atoms with van der Waals surface area (Å²) in [4.78, 5) is 0. The highest BCUT2D eigenvalue weighted by molar-refractivity contribution is 5.27. The molecule has 0 aliphatic carbocycles. The van der Waals surface area contributed by atoms with Crippen molar-refractivity contribution in [2.45, 2.75) is 13.1 Å². The standard InChI is InChI=1S/C8H10F3N/c1-6(5-12)3-4-7(2)8(9,10)11/h3-5H,2,12H2,1H3/b4-3-,6-5-. The molecule has 0 spiro atoms. The van der Waals surface area contributed by atoms with Crippen LogP contribution in [-0.4, -0.2) is 6.18 Å². The minimum atomic E-state index is -4.36. The number of rotatable bonds is 2. The smallest absolute Gasteiger partial charge is 0.404 e. The fourth-order valence-corrected chi connectivity index (χ4v) is 0.382. The fourth-order valence-electron chi connectivity index (χ4n) is 0.382. The van der Waals surface area contributed by atoms with E-state index >= 15 is 0 Å². The Kier molecular flexibility index (Phi) is 3.60. The lowest BCUT2D eigenvalue weighted by Crippen LogP contribution is -2.08. The summed E-state index contributed by atoms with van der Waals surface area (Å²) in [6.07, 6.45) is -0.986. The van der Waals surface area contributed by atoms with E-state index in [-0.39, 0.29) is 0 Å². The predicted octanol–water partition coefficient (Wildman–Crippen LogP) is 2.52. The summed E-state index contributed by atoms with van der Waals surface area (Å²) in [5.74, 6) is 0. The summed E-state index contributed by atoms with van der Waals surface area (Å²) in [5, 5.41) is 0. The van der Waals surface area contributed by atoms with Crippen molar-refractivity contribution in [3.8, 4) is 0 Å². The Morgan fingerprint density at radius 1 is 1.33 bits per heavy atom. The van der Waals surface area contributed by atoms with Crippen LogP contribution >= 0.6 is 0 Å². The normalized spacial score (nSPS) is 13.8. The zero-order valence-corrected chi connectivity index (χ0v) is 6.65. The number of alkyl halides is 3. The van der Waals surface area contributed by atoms with Gasteiger partial charge < -0.3 is 5.73 Å². The molecule has 0 rings (SSSR count). The summed E-state index contributed by atoms with van der Waals surface area (Å²) < 4.78 is 35.4. The molecule has 68 valence electrons. The number of halogens is 3. The Hall–Kier alpha value is -1.19. The van der Waals surface area contributed by atoms with Crippen molar-refractivity contribution in [3.05, 3.63) is 36.1 Å². The molecule has 0 amide bonds. The van der Waals surface area contributed by atoms with Gasteiger partial charge in [-0.1, -0.05) is 18.7 Å². The summed E-state index contributed by atoms with van der Waals surface area (Å²) >= 11 is 0. The Morgan fingerprint density at radius 2 is 1.83 bits per heavy atom. The Morgan fingerprint density at radius 3 is 2.17 bits per heavy atom. The summed E-state index contributed by atoms with van der Waals surface area (Å²) in [5.41, 5.74) is 4.71. The van der Waals surface area contributed by atoms with Crippen LogP contribution in [0, 0.1) is 0 Å². The monoisotopic (exact) mass is 177 g/mol. The van der Waals surface area contributed by atoms with Gasteiger partial charge in [-0.2, -0.15) is 13.2 Å². The van der Waals surface area contributed by atoms with Gasteiger partial charge in [0.15, 0.2) is 0 Å². The maximum absolute atomic E-state index is 11.8. The first kappa shape index (κ1) is 10.8. The van der Waals surface area contributed by atoms with Gasteiger partial charge in [0, 0.05) is 5.57 Å². The van der Waals surface area contributed by atoms with Crippen LogP contribution in [-0.2, 0) is 0 Å². The van der Waals surface area contributed by atoms with E-state index in [4.69, 9.17) is 5.73 Å². The molecule has 0 heterocycles. The molecule has 0 saturated heterocycles. The third-order valence-corrected chi connectivity index (χ3v) is 1.17. The molecule has 0 aliphatic heterocycles. The number of hydrogen-bond donors (Lipinski definition) is 1. The second-order valence-corrected chi connectivity index (χ2v) is 2.27. The first-order chi connectivity index (χ1) is 5.38. The largest absolute Gasteiger partial charge is 0.415 e. The number of hydrogen-bond acceptors (Lipinski definition) is 1. The molecule has 0 saturated carbocycles. The molecular formula is C8H10F3N. The van der Waals surface area contributed by atoms with Crippen molar-refractivity contribution < 1.29 is 13.2 Å². The lowest BCUT2D eigenvalue weighted by Gasteiger charge is -2.04. The summed E-state index contributed by atoms with van der Waals surface area (Å²) in [7, 11) is 0. The molecule has 0 fully saturated rings. The van der Waals surface area contributed by atoms with E-state index in [2.05, 4.69) is 6.58 Å². The van der Waals surface area contributed by atoms with E-state index in [1.807, 2.05) is 0 Å². The molecule has 0 aromatic rings. The molecule has 2 N–H and O–H groups in total. The van der Waals surface area contributed by atoms with Crippen molar-refractivity contribution in [1.82, 2.24) is 0 Å². The average molecular weight is 177 g/mol. The van der Waals surface area contributed by atoms with Gasteiger partial charge in [-0.3, -0.25) is 0 Å². The zero-order valence-electron chi connectivity index (χ0n) is 6.65. The van der Waals surface area contributed by atoms with Crippen LogP contribution in [0.1, 0.15) is 6.92 Å². The van der Waals surface area contributed by atoms with Crippen LogP contribution < -0.4 is 5.73 Å². The van der Waals surface area contributed by atoms with Crippen molar-refractivity contribution in [3.63, 3.8) is 0 Å². The third kappa shape index (κ3) is 3.85. The van der Waals surface area contributed by atoms with E-state index in [1.54, 1.807) is 6.92 Å². The topological polar surface area (TPSA) is 26.0 Å². The van der Waals surface area contributed by atoms with Gasteiger partial charge in [0.25, 0.3) is 0 Å². The molecule has 0 radical (unpaired) electrons. The predicted molar refractivity (Wildman–Crippen MR) is 42.3 cm³/mol. The van der Waals surface area contributed by atoms with Crippen molar-refractivity contribution >= 4 is 0 Å². The van der Waals surface area contributed by atoms with Crippen molar-refractivity contribution in [1.29, 1.82) is 0 Å². The van der Waals surface area contributed by atoms with Crippen LogP contribution in [0.3, 0.4) is 0 Å². The Labute approximate surface area is 69.1 Å². The van der Waals surface area contributed by atoms with Gasteiger partial charge >= 0.3 is 6.18 Å². The first-order valence-corrected chi connectivity index (χ1v) is 3.20. The second kappa shape index (κ2) is 3.99. The highest BCUT2D eigenvalue weighted by Gasteiger charge is 2.29. The maximum Gasteiger partial charge on any atom is 0.415 e. The van der Waals surface area contributed by atoms with Gasteiger partial charge in [0.2, 0.25) is 0 Å². The van der Waals surface area contributed by atoms with E-state index in [1.165, 1.54) is 12.3 Å². The van der Waals surface area contributed by atoms with Crippen LogP contribution in [0.25, 0.3) is 0 Å².